The van der Waals surface area contributed by atoms with Gasteiger partial charge in [-0.2, -0.15) is 0 Å². The summed E-state index contributed by atoms with van der Waals surface area (Å²) >= 11 is 12.3. The lowest BCUT2D eigenvalue weighted by Gasteiger charge is -2.26. The molecule has 5 nitrogen and oxygen atoms in total. The van der Waals surface area contributed by atoms with Gasteiger partial charge in [0.05, 0.1) is 28.8 Å². The molecular formula is C26H20Cl2FNO4. The van der Waals surface area contributed by atoms with Gasteiger partial charge in [0.25, 0.3) is 11.7 Å². The molecule has 0 saturated carbocycles. The van der Waals surface area contributed by atoms with Crippen molar-refractivity contribution in [2.24, 2.45) is 0 Å². The smallest absolute Gasteiger partial charge is 0.300 e. The predicted octanol–water partition coefficient (Wildman–Crippen LogP) is 6.33. The molecule has 1 saturated heterocycles. The van der Waals surface area contributed by atoms with Crippen LogP contribution >= 0.6 is 23.2 Å². The van der Waals surface area contributed by atoms with Gasteiger partial charge in [0, 0.05) is 11.3 Å². The minimum Gasteiger partial charge on any atom is -0.507 e. The van der Waals surface area contributed by atoms with Gasteiger partial charge in [0.1, 0.15) is 17.3 Å². The number of hydrogen-bond donors (Lipinski definition) is 1. The molecule has 0 radical (unpaired) electrons. The molecule has 0 spiro atoms. The van der Waals surface area contributed by atoms with Crippen LogP contribution in [0, 0.1) is 5.82 Å². The van der Waals surface area contributed by atoms with Crippen LogP contribution < -0.4 is 9.64 Å². The lowest BCUT2D eigenvalue weighted by Crippen LogP contribution is -2.29. The number of halogens is 3. The Morgan fingerprint density at radius 1 is 1.03 bits per heavy atom. The average molecular weight is 500 g/mol. The van der Waals surface area contributed by atoms with Gasteiger partial charge in [0.15, 0.2) is 0 Å². The van der Waals surface area contributed by atoms with Crippen LogP contribution in [-0.4, -0.2) is 23.9 Å². The molecule has 1 unspecified atom stereocenters. The van der Waals surface area contributed by atoms with Gasteiger partial charge in [-0.3, -0.25) is 14.5 Å². The van der Waals surface area contributed by atoms with Crippen molar-refractivity contribution in [1.29, 1.82) is 0 Å². The predicted molar refractivity (Wildman–Crippen MR) is 130 cm³/mol. The summed E-state index contributed by atoms with van der Waals surface area (Å²) in [6.07, 6.45) is 0.799. The maximum Gasteiger partial charge on any atom is 0.300 e. The van der Waals surface area contributed by atoms with E-state index in [1.54, 1.807) is 18.2 Å². The maximum atomic E-state index is 13.8. The summed E-state index contributed by atoms with van der Waals surface area (Å²) in [6, 6.07) is 14.7. The van der Waals surface area contributed by atoms with Gasteiger partial charge in [-0.15, -0.1) is 0 Å². The molecule has 0 aliphatic carbocycles. The third kappa shape index (κ3) is 4.15. The highest BCUT2D eigenvalue weighted by atomic mass is 35.5. The summed E-state index contributed by atoms with van der Waals surface area (Å²) in [7, 11) is 1.46. The zero-order valence-corrected chi connectivity index (χ0v) is 19.8. The summed E-state index contributed by atoms with van der Waals surface area (Å²) in [4.78, 5) is 27.6. The van der Waals surface area contributed by atoms with Crippen molar-refractivity contribution >= 4 is 46.3 Å². The van der Waals surface area contributed by atoms with Gasteiger partial charge in [0.2, 0.25) is 0 Å². The minimum atomic E-state index is -0.991. The summed E-state index contributed by atoms with van der Waals surface area (Å²) in [5.74, 6) is -2.47. The molecule has 1 atom stereocenters. The van der Waals surface area contributed by atoms with E-state index in [0.717, 1.165) is 18.1 Å². The van der Waals surface area contributed by atoms with Crippen molar-refractivity contribution in [2.75, 3.05) is 12.0 Å². The molecule has 1 aliphatic rings. The first-order chi connectivity index (χ1) is 16.3. The number of benzene rings is 3. The molecule has 3 aromatic carbocycles. The fraction of sp³-hybridized carbons (Fsp3) is 0.154. The zero-order chi connectivity index (χ0) is 24.6. The number of ketones is 1. The van der Waals surface area contributed by atoms with E-state index < -0.39 is 29.3 Å². The minimum absolute atomic E-state index is 0.145. The van der Waals surface area contributed by atoms with Crippen LogP contribution in [-0.2, 0) is 16.0 Å². The number of Topliss-reactive ketones (excluding diaryl/α,β-unsaturated/α-hetero) is 1. The monoisotopic (exact) mass is 499 g/mol. The van der Waals surface area contributed by atoms with Gasteiger partial charge in [-0.05, 0) is 53.9 Å². The number of aryl methyl sites for hydroxylation is 1. The zero-order valence-electron chi connectivity index (χ0n) is 18.3. The Bertz CT molecular complexity index is 1320. The summed E-state index contributed by atoms with van der Waals surface area (Å²) < 4.78 is 19.0. The van der Waals surface area contributed by atoms with Crippen LogP contribution in [0.25, 0.3) is 5.76 Å². The Balaban J connectivity index is 1.97. The fourth-order valence-electron chi connectivity index (χ4n) is 3.94. The number of carbonyl (C=O) groups is 2. The highest BCUT2D eigenvalue weighted by molar-refractivity contribution is 6.52. The van der Waals surface area contributed by atoms with E-state index in [4.69, 9.17) is 27.9 Å². The molecule has 8 heteroatoms. The third-order valence-electron chi connectivity index (χ3n) is 5.76. The second-order valence-electron chi connectivity index (χ2n) is 7.71. The van der Waals surface area contributed by atoms with E-state index in [0.29, 0.717) is 11.3 Å². The third-order valence-corrected chi connectivity index (χ3v) is 6.38. The van der Waals surface area contributed by atoms with E-state index >= 15 is 0 Å². The van der Waals surface area contributed by atoms with Crippen molar-refractivity contribution in [3.63, 3.8) is 0 Å². The van der Waals surface area contributed by atoms with Crippen LogP contribution in [0.3, 0.4) is 0 Å². The molecule has 0 aromatic heterocycles. The number of carbonyl (C=O) groups excluding carboxylic acids is 2. The molecule has 1 N–H and O–H groups in total. The summed E-state index contributed by atoms with van der Waals surface area (Å²) in [5, 5.41) is 11.2. The average Bonchev–Trinajstić information content (AvgIpc) is 3.11. The van der Waals surface area contributed by atoms with E-state index in [9.17, 15) is 19.1 Å². The second-order valence-corrected chi connectivity index (χ2v) is 8.52. The number of hydrogen-bond acceptors (Lipinski definition) is 4. The van der Waals surface area contributed by atoms with Crippen molar-refractivity contribution in [3.8, 4) is 5.75 Å². The van der Waals surface area contributed by atoms with Crippen molar-refractivity contribution < 1.29 is 23.8 Å². The Labute approximate surface area is 206 Å². The van der Waals surface area contributed by atoms with E-state index in [-0.39, 0.29) is 26.9 Å². The lowest BCUT2D eigenvalue weighted by atomic mass is 9.94. The number of nitrogens with zero attached hydrogens (tertiary/aromatic N) is 1. The summed E-state index contributed by atoms with van der Waals surface area (Å²) in [6.45, 7) is 2.01. The molecule has 1 heterocycles. The maximum absolute atomic E-state index is 13.8. The molecule has 1 aliphatic heterocycles. The molecule has 0 bridgehead atoms. The Morgan fingerprint density at radius 3 is 2.35 bits per heavy atom. The van der Waals surface area contributed by atoms with Gasteiger partial charge in [-0.25, -0.2) is 4.39 Å². The number of anilines is 1. The molecule has 34 heavy (non-hydrogen) atoms. The Hall–Kier alpha value is -3.35. The van der Waals surface area contributed by atoms with Crippen LogP contribution in [0.1, 0.15) is 29.7 Å². The molecule has 174 valence electrons. The number of aliphatic hydroxyl groups excluding tert-OH is 1. The topological polar surface area (TPSA) is 66.8 Å². The number of amides is 1. The number of ether oxygens (including phenoxy) is 1. The Kier molecular flexibility index (Phi) is 6.64. The molecule has 3 aromatic rings. The van der Waals surface area contributed by atoms with Crippen LogP contribution in [0.2, 0.25) is 10.0 Å². The van der Waals surface area contributed by atoms with E-state index in [1.165, 1.54) is 36.3 Å². The Morgan fingerprint density at radius 2 is 1.74 bits per heavy atom. The van der Waals surface area contributed by atoms with Crippen molar-refractivity contribution in [2.45, 2.75) is 19.4 Å². The molecule has 4 rings (SSSR count). The lowest BCUT2D eigenvalue weighted by molar-refractivity contribution is -0.132. The first kappa shape index (κ1) is 23.8. The van der Waals surface area contributed by atoms with Gasteiger partial charge < -0.3 is 9.84 Å². The first-order valence-corrected chi connectivity index (χ1v) is 11.2. The SMILES string of the molecule is CCc1ccc(C2/C(=C(\O)c3cc(OC)ccc3Cl)C(=O)C(=O)N2c2ccc(F)c(Cl)c2)cc1. The quantitative estimate of drug-likeness (QED) is 0.253. The molecular weight excluding hydrogens is 480 g/mol. The number of aliphatic hydroxyl groups is 1. The van der Waals surface area contributed by atoms with Crippen molar-refractivity contribution in [3.05, 3.63) is 98.8 Å². The van der Waals surface area contributed by atoms with Gasteiger partial charge >= 0.3 is 0 Å². The van der Waals surface area contributed by atoms with Crippen LogP contribution in [0.15, 0.2) is 66.2 Å². The van der Waals surface area contributed by atoms with Crippen LogP contribution in [0.4, 0.5) is 10.1 Å². The van der Waals surface area contributed by atoms with Crippen molar-refractivity contribution in [1.82, 2.24) is 0 Å². The highest BCUT2D eigenvalue weighted by Gasteiger charge is 2.47. The van der Waals surface area contributed by atoms with E-state index in [1.807, 2.05) is 19.1 Å². The normalized spacial score (nSPS) is 17.3. The number of rotatable bonds is 5. The standard InChI is InChI=1S/C26H20Cl2FNO4/c1-3-14-4-6-15(7-5-14)23-22(24(31)18-13-17(34-2)9-10-19(18)27)25(32)26(33)30(23)16-8-11-21(29)20(28)12-16/h4-13,23,31H,3H2,1-2H3/b24-22+. The molecule has 1 fully saturated rings. The second kappa shape index (κ2) is 9.49. The summed E-state index contributed by atoms with van der Waals surface area (Å²) in [5.41, 5.74) is 1.85. The largest absolute Gasteiger partial charge is 0.507 e. The van der Waals surface area contributed by atoms with Gasteiger partial charge in [-0.1, -0.05) is 54.4 Å². The first-order valence-electron chi connectivity index (χ1n) is 10.5. The van der Waals surface area contributed by atoms with E-state index in [2.05, 4.69) is 0 Å². The highest BCUT2D eigenvalue weighted by Crippen LogP contribution is 2.44. The van der Waals surface area contributed by atoms with Crippen LogP contribution in [0.5, 0.6) is 5.75 Å². The fourth-order valence-corrected chi connectivity index (χ4v) is 4.32. The molecule has 1 amide bonds. The number of methoxy groups -OCH3 is 1.